The van der Waals surface area contributed by atoms with E-state index in [0.717, 1.165) is 11.5 Å². The predicted octanol–water partition coefficient (Wildman–Crippen LogP) is -0.164. The van der Waals surface area contributed by atoms with Gasteiger partial charge in [-0.25, -0.2) is 15.0 Å². The quantitative estimate of drug-likeness (QED) is 0.411. The number of guanidine groups is 1. The van der Waals surface area contributed by atoms with E-state index in [0.29, 0.717) is 25.7 Å². The van der Waals surface area contributed by atoms with Crippen LogP contribution in [-0.4, -0.2) is 36.2 Å². The van der Waals surface area contributed by atoms with Crippen LogP contribution in [0.25, 0.3) is 0 Å². The number of aromatic nitrogens is 2. The summed E-state index contributed by atoms with van der Waals surface area (Å²) in [4.78, 5) is 12.4. The maximum atomic E-state index is 5.64. The maximum Gasteiger partial charge on any atom is 0.189 e. The topological polar surface area (TPSA) is 85.4 Å². The van der Waals surface area contributed by atoms with E-state index in [1.807, 2.05) is 13.0 Å². The van der Waals surface area contributed by atoms with Crippen LogP contribution in [0.15, 0.2) is 17.3 Å². The molecule has 6 heteroatoms. The highest BCUT2D eigenvalue weighted by molar-refractivity contribution is 5.77. The monoisotopic (exact) mass is 223 g/mol. The van der Waals surface area contributed by atoms with Crippen LogP contribution in [0.4, 0.5) is 0 Å². The molecule has 0 bridgehead atoms. The number of aliphatic imine (C=N–C) groups is 1. The van der Waals surface area contributed by atoms with Gasteiger partial charge in [0.1, 0.15) is 5.82 Å². The Bertz CT molecular complexity index is 353. The molecule has 0 aliphatic carbocycles. The summed E-state index contributed by atoms with van der Waals surface area (Å²) >= 11 is 0. The van der Waals surface area contributed by atoms with E-state index in [9.17, 15) is 0 Å². The van der Waals surface area contributed by atoms with Gasteiger partial charge in [-0.05, 0) is 13.0 Å². The molecule has 0 radical (unpaired) electrons. The van der Waals surface area contributed by atoms with Gasteiger partial charge in [0.2, 0.25) is 0 Å². The molecule has 0 aliphatic heterocycles. The highest BCUT2D eigenvalue weighted by atomic mass is 16.5. The largest absolute Gasteiger partial charge is 0.383 e. The van der Waals surface area contributed by atoms with E-state index in [1.54, 1.807) is 13.3 Å². The minimum atomic E-state index is 0.397. The molecule has 0 saturated heterocycles. The lowest BCUT2D eigenvalue weighted by Gasteiger charge is -2.04. The van der Waals surface area contributed by atoms with Gasteiger partial charge in [0.05, 0.1) is 18.8 Å². The summed E-state index contributed by atoms with van der Waals surface area (Å²) < 4.78 is 4.88. The maximum absolute atomic E-state index is 5.64. The van der Waals surface area contributed by atoms with Crippen LogP contribution < -0.4 is 11.1 Å². The number of rotatable bonds is 5. The molecular weight excluding hydrogens is 206 g/mol. The third kappa shape index (κ3) is 4.70. The van der Waals surface area contributed by atoms with Gasteiger partial charge in [-0.2, -0.15) is 0 Å². The molecule has 1 aromatic rings. The number of methoxy groups -OCH3 is 1. The molecule has 0 fully saturated rings. The van der Waals surface area contributed by atoms with E-state index in [1.165, 1.54) is 0 Å². The zero-order valence-electron chi connectivity index (χ0n) is 9.60. The van der Waals surface area contributed by atoms with Crippen LogP contribution in [-0.2, 0) is 11.3 Å². The molecule has 0 atom stereocenters. The number of hydrogen-bond donors (Lipinski definition) is 2. The number of nitrogens with two attached hydrogens (primary N) is 1. The zero-order valence-corrected chi connectivity index (χ0v) is 9.60. The van der Waals surface area contributed by atoms with Gasteiger partial charge in [-0.3, -0.25) is 0 Å². The number of nitrogens with zero attached hydrogens (tertiary/aromatic N) is 3. The van der Waals surface area contributed by atoms with E-state index in [2.05, 4.69) is 20.3 Å². The summed E-state index contributed by atoms with van der Waals surface area (Å²) in [6.45, 7) is 3.54. The Hall–Kier alpha value is -1.69. The van der Waals surface area contributed by atoms with Gasteiger partial charge in [0, 0.05) is 19.9 Å². The minimum absolute atomic E-state index is 0.397. The molecule has 0 saturated carbocycles. The van der Waals surface area contributed by atoms with Crippen molar-refractivity contribution < 1.29 is 4.74 Å². The van der Waals surface area contributed by atoms with Gasteiger partial charge in [0.25, 0.3) is 0 Å². The Morgan fingerprint density at radius 1 is 1.62 bits per heavy atom. The lowest BCUT2D eigenvalue weighted by molar-refractivity contribution is 0.204. The fourth-order valence-corrected chi connectivity index (χ4v) is 1.10. The van der Waals surface area contributed by atoms with Crippen LogP contribution in [0.1, 0.15) is 11.5 Å². The first-order chi connectivity index (χ1) is 7.72. The van der Waals surface area contributed by atoms with Crippen molar-refractivity contribution in [2.75, 3.05) is 20.3 Å². The predicted molar refractivity (Wildman–Crippen MR) is 62.0 cm³/mol. The third-order valence-electron chi connectivity index (χ3n) is 1.86. The first-order valence-electron chi connectivity index (χ1n) is 5.03. The van der Waals surface area contributed by atoms with Crippen molar-refractivity contribution in [1.29, 1.82) is 0 Å². The Morgan fingerprint density at radius 3 is 3.12 bits per heavy atom. The summed E-state index contributed by atoms with van der Waals surface area (Å²) in [7, 11) is 1.64. The second-order valence-corrected chi connectivity index (χ2v) is 3.22. The SMILES string of the molecule is COCCNC(N)=NCc1ccnc(C)n1. The second-order valence-electron chi connectivity index (χ2n) is 3.22. The molecule has 16 heavy (non-hydrogen) atoms. The van der Waals surface area contributed by atoms with Crippen LogP contribution in [0, 0.1) is 6.92 Å². The molecule has 88 valence electrons. The fourth-order valence-electron chi connectivity index (χ4n) is 1.10. The Labute approximate surface area is 95.0 Å². The Balaban J connectivity index is 2.40. The summed E-state index contributed by atoms with van der Waals surface area (Å²) in [5, 5.41) is 2.93. The van der Waals surface area contributed by atoms with E-state index in [4.69, 9.17) is 10.5 Å². The summed E-state index contributed by atoms with van der Waals surface area (Å²) in [5.41, 5.74) is 6.49. The number of ether oxygens (including phenoxy) is 1. The lowest BCUT2D eigenvalue weighted by atomic mass is 10.4. The fraction of sp³-hybridized carbons (Fsp3) is 0.500. The molecule has 1 aromatic heterocycles. The number of aryl methyl sites for hydroxylation is 1. The summed E-state index contributed by atoms with van der Waals surface area (Å²) in [6.07, 6.45) is 1.71. The van der Waals surface area contributed by atoms with E-state index < -0.39 is 0 Å². The highest BCUT2D eigenvalue weighted by Crippen LogP contribution is 1.96. The molecule has 1 rings (SSSR count). The minimum Gasteiger partial charge on any atom is -0.383 e. The van der Waals surface area contributed by atoms with Crippen molar-refractivity contribution in [2.24, 2.45) is 10.7 Å². The number of nitrogens with one attached hydrogen (secondary N) is 1. The molecule has 0 spiro atoms. The zero-order chi connectivity index (χ0) is 11.8. The Kier molecular flexibility index (Phi) is 5.21. The molecule has 0 aliphatic rings. The third-order valence-corrected chi connectivity index (χ3v) is 1.86. The molecule has 1 heterocycles. The van der Waals surface area contributed by atoms with Crippen molar-refractivity contribution in [2.45, 2.75) is 13.5 Å². The summed E-state index contributed by atoms with van der Waals surface area (Å²) in [6, 6.07) is 1.82. The first kappa shape index (κ1) is 12.4. The second kappa shape index (κ2) is 6.73. The van der Waals surface area contributed by atoms with Gasteiger partial charge in [-0.15, -0.1) is 0 Å². The lowest BCUT2D eigenvalue weighted by Crippen LogP contribution is -2.34. The van der Waals surface area contributed by atoms with Crippen LogP contribution in [0.3, 0.4) is 0 Å². The van der Waals surface area contributed by atoms with Crippen molar-refractivity contribution in [3.05, 3.63) is 23.8 Å². The van der Waals surface area contributed by atoms with Gasteiger partial charge >= 0.3 is 0 Å². The van der Waals surface area contributed by atoms with Gasteiger partial charge in [-0.1, -0.05) is 0 Å². The van der Waals surface area contributed by atoms with Crippen molar-refractivity contribution in [1.82, 2.24) is 15.3 Å². The van der Waals surface area contributed by atoms with Crippen molar-refractivity contribution >= 4 is 5.96 Å². The first-order valence-corrected chi connectivity index (χ1v) is 5.03. The van der Waals surface area contributed by atoms with Crippen LogP contribution in [0.2, 0.25) is 0 Å². The summed E-state index contributed by atoms with van der Waals surface area (Å²) in [5.74, 6) is 1.13. The van der Waals surface area contributed by atoms with Crippen molar-refractivity contribution in [3.8, 4) is 0 Å². The molecule has 6 nitrogen and oxygen atoms in total. The van der Waals surface area contributed by atoms with E-state index >= 15 is 0 Å². The molecule has 0 unspecified atom stereocenters. The molecule has 3 N–H and O–H groups in total. The highest BCUT2D eigenvalue weighted by Gasteiger charge is 1.95. The smallest absolute Gasteiger partial charge is 0.189 e. The van der Waals surface area contributed by atoms with Gasteiger partial charge in [0.15, 0.2) is 5.96 Å². The van der Waals surface area contributed by atoms with E-state index in [-0.39, 0.29) is 0 Å². The molecule has 0 amide bonds. The molecule has 0 aromatic carbocycles. The van der Waals surface area contributed by atoms with Crippen molar-refractivity contribution in [3.63, 3.8) is 0 Å². The normalized spacial score (nSPS) is 11.5. The standard InChI is InChI=1S/C10H17N5O/c1-8-12-4-3-9(15-8)7-14-10(11)13-5-6-16-2/h3-4H,5-7H2,1-2H3,(H3,11,13,14). The molecular formula is C10H17N5O. The number of hydrogen-bond acceptors (Lipinski definition) is 4. The Morgan fingerprint density at radius 2 is 2.44 bits per heavy atom. The van der Waals surface area contributed by atoms with Gasteiger partial charge < -0.3 is 15.8 Å². The average Bonchev–Trinajstić information content (AvgIpc) is 2.27. The average molecular weight is 223 g/mol. The van der Waals surface area contributed by atoms with Crippen LogP contribution >= 0.6 is 0 Å². The van der Waals surface area contributed by atoms with Crippen LogP contribution in [0.5, 0.6) is 0 Å².